The summed E-state index contributed by atoms with van der Waals surface area (Å²) in [6.07, 6.45) is 6.50. The minimum atomic E-state index is -0.392. The van der Waals surface area contributed by atoms with Crippen LogP contribution in [0.4, 0.5) is 5.69 Å². The van der Waals surface area contributed by atoms with Gasteiger partial charge in [0.15, 0.2) is 5.84 Å². The van der Waals surface area contributed by atoms with E-state index < -0.39 is 5.84 Å². The molecule has 140 valence electrons. The van der Waals surface area contributed by atoms with E-state index in [0.717, 1.165) is 11.8 Å². The van der Waals surface area contributed by atoms with Crippen LogP contribution in [0, 0.1) is 40.4 Å². The second kappa shape index (κ2) is 7.03. The molecule has 0 saturated heterocycles. The van der Waals surface area contributed by atoms with Gasteiger partial charge < -0.3 is 11.1 Å². The molecule has 7 heteroatoms. The van der Waals surface area contributed by atoms with Crippen LogP contribution < -0.4 is 16.5 Å². The van der Waals surface area contributed by atoms with Gasteiger partial charge in [-0.05, 0) is 80.0 Å². The number of rotatable bonds is 5. The lowest BCUT2D eigenvalue weighted by Gasteiger charge is -2.54. The molecule has 0 unspecified atom stereocenters. The summed E-state index contributed by atoms with van der Waals surface area (Å²) in [7, 11) is 0. The fraction of sp³-hybridized carbons (Fsp3) is 0.500. The fourth-order valence-corrected chi connectivity index (χ4v) is 5.36. The molecule has 0 aliphatic heterocycles. The van der Waals surface area contributed by atoms with E-state index in [-0.39, 0.29) is 11.6 Å². The van der Waals surface area contributed by atoms with Gasteiger partial charge in [0.05, 0.1) is 5.69 Å². The third kappa shape index (κ3) is 3.52. The van der Waals surface area contributed by atoms with Crippen LogP contribution in [-0.4, -0.2) is 23.5 Å². The third-order valence-corrected chi connectivity index (χ3v) is 6.33. The van der Waals surface area contributed by atoms with Gasteiger partial charge in [-0.15, -0.1) is 0 Å². The summed E-state index contributed by atoms with van der Waals surface area (Å²) in [5.41, 5.74) is 8.99. The maximum absolute atomic E-state index is 12.7. The van der Waals surface area contributed by atoms with Crippen LogP contribution >= 0.6 is 0 Å². The average molecular weight is 364 g/mol. The summed E-state index contributed by atoms with van der Waals surface area (Å²) in [5.74, 6) is 2.66. The third-order valence-electron chi connectivity index (χ3n) is 6.33. The van der Waals surface area contributed by atoms with E-state index in [0.29, 0.717) is 29.1 Å². The van der Waals surface area contributed by atoms with Gasteiger partial charge in [0.25, 0.3) is 5.91 Å². The second-order valence-electron chi connectivity index (χ2n) is 8.11. The summed E-state index contributed by atoms with van der Waals surface area (Å²) in [6, 6.07) is 9.00. The zero-order chi connectivity index (χ0) is 19.0. The van der Waals surface area contributed by atoms with E-state index in [1.54, 1.807) is 30.3 Å². The Morgan fingerprint density at radius 3 is 2.22 bits per heavy atom. The molecule has 0 heterocycles. The Balaban J connectivity index is 1.38. The van der Waals surface area contributed by atoms with Crippen LogP contribution in [-0.2, 0) is 0 Å². The Morgan fingerprint density at radius 1 is 1.11 bits per heavy atom. The summed E-state index contributed by atoms with van der Waals surface area (Å²) in [4.78, 5) is 12.7. The predicted octanol–water partition coefficient (Wildman–Crippen LogP) is 2.47. The normalized spacial score (nSPS) is 31.2. The van der Waals surface area contributed by atoms with Crippen LogP contribution in [0.3, 0.4) is 0 Å². The van der Waals surface area contributed by atoms with Crippen molar-refractivity contribution in [2.24, 2.45) is 34.5 Å². The highest BCUT2D eigenvalue weighted by Gasteiger charge is 2.48. The number of carbonyl (C=O) groups is 1. The quantitative estimate of drug-likeness (QED) is 0.363. The van der Waals surface area contributed by atoms with Gasteiger partial charge in [-0.25, -0.2) is 0 Å². The topological polar surface area (TPSA) is 127 Å². The van der Waals surface area contributed by atoms with Gasteiger partial charge in [-0.1, -0.05) is 0 Å². The molecule has 27 heavy (non-hydrogen) atoms. The number of hydrazone groups is 1. The first kappa shape index (κ1) is 17.5. The SMILES string of the molecule is N#C/C(=N\Nc1ccc(C(=O)NC2C3CC4CC(C3)CC2C4)cc1)C(=N)N. The first-order valence-corrected chi connectivity index (χ1v) is 9.52. The number of benzene rings is 1. The van der Waals surface area contributed by atoms with Crippen molar-refractivity contribution in [2.45, 2.75) is 38.1 Å². The number of hydrogen-bond donors (Lipinski definition) is 4. The number of carbonyl (C=O) groups excluding carboxylic acids is 1. The second-order valence-corrected chi connectivity index (χ2v) is 8.11. The van der Waals surface area contributed by atoms with E-state index >= 15 is 0 Å². The zero-order valence-electron chi connectivity index (χ0n) is 15.1. The fourth-order valence-electron chi connectivity index (χ4n) is 5.36. The Hall–Kier alpha value is -2.88. The monoisotopic (exact) mass is 364 g/mol. The largest absolute Gasteiger partial charge is 0.382 e. The number of nitrogens with zero attached hydrogens (tertiary/aromatic N) is 2. The highest BCUT2D eigenvalue weighted by molar-refractivity contribution is 6.45. The smallest absolute Gasteiger partial charge is 0.251 e. The van der Waals surface area contributed by atoms with E-state index in [1.165, 1.54) is 32.1 Å². The number of nitriles is 1. The molecule has 1 amide bonds. The van der Waals surface area contributed by atoms with Crippen molar-refractivity contribution in [2.75, 3.05) is 5.43 Å². The standard InChI is InChI=1S/C20H24N6O/c21-10-17(19(22)23)26-25-16-3-1-13(2-4-16)20(27)24-18-14-6-11-5-12(8-14)9-15(18)7-11/h1-4,11-12,14-15,18,25H,5-9H2,(H3,22,23)(H,24,27)/b26-17+. The minimum absolute atomic E-state index is 0.0241. The van der Waals surface area contributed by atoms with Crippen molar-refractivity contribution in [1.29, 1.82) is 10.7 Å². The van der Waals surface area contributed by atoms with Crippen molar-refractivity contribution in [3.8, 4) is 6.07 Å². The molecule has 5 rings (SSSR count). The molecule has 1 aromatic carbocycles. The average Bonchev–Trinajstić information content (AvgIpc) is 2.64. The van der Waals surface area contributed by atoms with E-state index in [4.69, 9.17) is 16.4 Å². The molecule has 7 nitrogen and oxygen atoms in total. The zero-order valence-corrected chi connectivity index (χ0v) is 15.1. The summed E-state index contributed by atoms with van der Waals surface area (Å²) in [5, 5.41) is 23.2. The lowest BCUT2D eigenvalue weighted by molar-refractivity contribution is -0.0119. The minimum Gasteiger partial charge on any atom is -0.382 e. The maximum Gasteiger partial charge on any atom is 0.251 e. The van der Waals surface area contributed by atoms with Gasteiger partial charge in [0.2, 0.25) is 5.71 Å². The van der Waals surface area contributed by atoms with E-state index in [9.17, 15) is 4.79 Å². The lowest BCUT2D eigenvalue weighted by atomic mass is 9.54. The Bertz CT molecular complexity index is 794. The molecular formula is C20H24N6O. The van der Waals surface area contributed by atoms with Gasteiger partial charge in [0, 0.05) is 11.6 Å². The number of hydrogen-bond acceptors (Lipinski definition) is 5. The molecule has 0 spiro atoms. The Morgan fingerprint density at radius 2 is 1.70 bits per heavy atom. The first-order valence-electron chi connectivity index (χ1n) is 9.52. The summed E-state index contributed by atoms with van der Waals surface area (Å²) >= 11 is 0. The number of anilines is 1. The lowest BCUT2D eigenvalue weighted by Crippen LogP contribution is -2.55. The highest BCUT2D eigenvalue weighted by atomic mass is 16.1. The molecule has 4 fully saturated rings. The number of nitrogens with two attached hydrogens (primary N) is 1. The van der Waals surface area contributed by atoms with Crippen molar-refractivity contribution in [3.05, 3.63) is 29.8 Å². The van der Waals surface area contributed by atoms with E-state index in [2.05, 4.69) is 15.8 Å². The van der Waals surface area contributed by atoms with Crippen LogP contribution in [0.1, 0.15) is 42.5 Å². The van der Waals surface area contributed by atoms with Gasteiger partial charge in [0.1, 0.15) is 6.07 Å². The van der Waals surface area contributed by atoms with Gasteiger partial charge in [-0.3, -0.25) is 15.6 Å². The van der Waals surface area contributed by atoms with Crippen molar-refractivity contribution in [3.63, 3.8) is 0 Å². The molecule has 1 aromatic rings. The Labute approximate surface area is 158 Å². The number of amides is 1. The van der Waals surface area contributed by atoms with Crippen molar-refractivity contribution < 1.29 is 4.79 Å². The van der Waals surface area contributed by atoms with Crippen molar-refractivity contribution in [1.82, 2.24) is 5.32 Å². The number of nitrogens with one attached hydrogen (secondary N) is 3. The molecular weight excluding hydrogens is 340 g/mol. The van der Waals surface area contributed by atoms with Crippen molar-refractivity contribution >= 4 is 23.1 Å². The van der Waals surface area contributed by atoms with Crippen LogP contribution in [0.2, 0.25) is 0 Å². The Kier molecular flexibility index (Phi) is 4.56. The number of amidine groups is 1. The molecule has 4 bridgehead atoms. The van der Waals surface area contributed by atoms with Crippen LogP contribution in [0.15, 0.2) is 29.4 Å². The summed E-state index contributed by atoms with van der Waals surface area (Å²) < 4.78 is 0. The molecule has 0 radical (unpaired) electrons. The predicted molar refractivity (Wildman–Crippen MR) is 103 cm³/mol. The van der Waals surface area contributed by atoms with Crippen LogP contribution in [0.25, 0.3) is 0 Å². The first-order chi connectivity index (χ1) is 13.0. The molecule has 0 atom stereocenters. The van der Waals surface area contributed by atoms with Crippen LogP contribution in [0.5, 0.6) is 0 Å². The van der Waals surface area contributed by atoms with Gasteiger partial charge >= 0.3 is 0 Å². The molecule has 5 N–H and O–H groups in total. The molecule has 4 aliphatic rings. The summed E-state index contributed by atoms with van der Waals surface area (Å²) in [6.45, 7) is 0. The molecule has 4 saturated carbocycles. The van der Waals surface area contributed by atoms with E-state index in [1.807, 2.05) is 0 Å². The van der Waals surface area contributed by atoms with Gasteiger partial charge in [-0.2, -0.15) is 10.4 Å². The maximum atomic E-state index is 12.7. The molecule has 0 aromatic heterocycles. The molecule has 4 aliphatic carbocycles. The highest BCUT2D eigenvalue weighted by Crippen LogP contribution is 2.53.